The summed E-state index contributed by atoms with van der Waals surface area (Å²) in [6.07, 6.45) is 0.978. The van der Waals surface area contributed by atoms with Gasteiger partial charge in [0.2, 0.25) is 10.0 Å². The van der Waals surface area contributed by atoms with E-state index in [1.165, 1.54) is 12.1 Å². The Morgan fingerprint density at radius 3 is 2.65 bits per heavy atom. The highest BCUT2D eigenvalue weighted by Gasteiger charge is 2.18. The first kappa shape index (κ1) is 12.1. The van der Waals surface area contributed by atoms with Gasteiger partial charge >= 0.3 is 0 Å². The van der Waals surface area contributed by atoms with E-state index in [1.807, 2.05) is 0 Å². The predicted octanol–water partition coefficient (Wildman–Crippen LogP) is 1.01. The molecule has 0 radical (unpaired) electrons. The molecule has 7 heteroatoms. The number of halogens is 1. The maximum absolute atomic E-state index is 13.4. The van der Waals surface area contributed by atoms with E-state index in [2.05, 4.69) is 10.0 Å². The maximum Gasteiger partial charge on any atom is 0.229 e. The summed E-state index contributed by atoms with van der Waals surface area (Å²) < 4.78 is 42.5. The lowest BCUT2D eigenvalue weighted by Gasteiger charge is -2.28. The van der Waals surface area contributed by atoms with Crippen LogP contribution in [0.4, 0.5) is 15.8 Å². The van der Waals surface area contributed by atoms with E-state index in [1.54, 1.807) is 6.07 Å². The summed E-state index contributed by atoms with van der Waals surface area (Å²) in [4.78, 5) is 0. The van der Waals surface area contributed by atoms with Crippen LogP contribution in [0.25, 0.3) is 0 Å². The molecule has 1 aliphatic heterocycles. The van der Waals surface area contributed by atoms with Crippen LogP contribution in [0.15, 0.2) is 18.2 Å². The molecule has 1 fully saturated rings. The molecule has 0 aromatic heterocycles. The van der Waals surface area contributed by atoms with Crippen molar-refractivity contribution in [2.75, 3.05) is 29.5 Å². The summed E-state index contributed by atoms with van der Waals surface area (Å²) in [6, 6.07) is 4.40. The third kappa shape index (κ3) is 3.31. The number of hydrogen-bond donors (Lipinski definition) is 2. The number of rotatable bonds is 4. The fourth-order valence-corrected chi connectivity index (χ4v) is 2.00. The Morgan fingerprint density at radius 2 is 2.12 bits per heavy atom. The van der Waals surface area contributed by atoms with Crippen LogP contribution >= 0.6 is 0 Å². The van der Waals surface area contributed by atoms with Crippen molar-refractivity contribution in [1.29, 1.82) is 0 Å². The summed E-state index contributed by atoms with van der Waals surface area (Å²) >= 11 is 0. The van der Waals surface area contributed by atoms with Crippen LogP contribution in [0.3, 0.4) is 0 Å². The molecule has 0 spiro atoms. The second-order valence-corrected chi connectivity index (χ2v) is 5.70. The van der Waals surface area contributed by atoms with E-state index >= 15 is 0 Å². The Kier molecular flexibility index (Phi) is 3.21. The molecule has 0 saturated carbocycles. The van der Waals surface area contributed by atoms with E-state index in [9.17, 15) is 12.8 Å². The van der Waals surface area contributed by atoms with Crippen molar-refractivity contribution in [2.24, 2.45) is 0 Å². The first-order valence-electron chi connectivity index (χ1n) is 5.06. The third-order valence-corrected chi connectivity index (χ3v) is 2.86. The molecule has 1 aliphatic rings. The summed E-state index contributed by atoms with van der Waals surface area (Å²) in [7, 11) is -3.48. The van der Waals surface area contributed by atoms with Gasteiger partial charge in [-0.3, -0.25) is 4.72 Å². The Labute approximate surface area is 99.0 Å². The topological polar surface area (TPSA) is 67.4 Å². The number of nitrogens with one attached hydrogen (secondary N) is 2. The minimum atomic E-state index is -3.48. The summed E-state index contributed by atoms with van der Waals surface area (Å²) in [5.74, 6) is -0.606. The van der Waals surface area contributed by atoms with Gasteiger partial charge in [-0.2, -0.15) is 0 Å². The smallest absolute Gasteiger partial charge is 0.229 e. The Morgan fingerprint density at radius 1 is 1.41 bits per heavy atom. The monoisotopic (exact) mass is 260 g/mol. The molecular weight excluding hydrogens is 247 g/mol. The van der Waals surface area contributed by atoms with Gasteiger partial charge in [0.15, 0.2) is 0 Å². The molecular formula is C10H13FN2O3S. The fraction of sp³-hybridized carbons (Fsp3) is 0.400. The predicted molar refractivity (Wildman–Crippen MR) is 63.1 cm³/mol. The minimum absolute atomic E-state index is 0.0576. The average Bonchev–Trinajstić information content (AvgIpc) is 2.14. The summed E-state index contributed by atoms with van der Waals surface area (Å²) in [5, 5.41) is 3.11. The van der Waals surface area contributed by atoms with Gasteiger partial charge in [0.05, 0.1) is 31.2 Å². The van der Waals surface area contributed by atoms with Crippen molar-refractivity contribution >= 4 is 21.4 Å². The van der Waals surface area contributed by atoms with Crippen molar-refractivity contribution in [3.05, 3.63) is 24.0 Å². The number of ether oxygens (including phenoxy) is 1. The van der Waals surface area contributed by atoms with Crippen molar-refractivity contribution in [3.8, 4) is 0 Å². The van der Waals surface area contributed by atoms with Gasteiger partial charge in [0.25, 0.3) is 0 Å². The highest BCUT2D eigenvalue weighted by atomic mass is 32.2. The molecule has 2 rings (SSSR count). The van der Waals surface area contributed by atoms with Crippen LogP contribution in [0.5, 0.6) is 0 Å². The van der Waals surface area contributed by atoms with E-state index < -0.39 is 15.8 Å². The van der Waals surface area contributed by atoms with Crippen LogP contribution in [-0.4, -0.2) is 33.9 Å². The largest absolute Gasteiger partial charge is 0.378 e. The lowest BCUT2D eigenvalue weighted by Crippen LogP contribution is -2.40. The van der Waals surface area contributed by atoms with Crippen LogP contribution in [0.1, 0.15) is 0 Å². The molecule has 1 aromatic rings. The van der Waals surface area contributed by atoms with E-state index in [4.69, 9.17) is 4.74 Å². The summed E-state index contributed by atoms with van der Waals surface area (Å²) in [6.45, 7) is 1.21. The van der Waals surface area contributed by atoms with Gasteiger partial charge in [-0.05, 0) is 18.2 Å². The van der Waals surface area contributed by atoms with Crippen molar-refractivity contribution < 1.29 is 17.5 Å². The molecule has 0 bridgehead atoms. The zero-order chi connectivity index (χ0) is 12.5. The van der Waals surface area contributed by atoms with Crippen molar-refractivity contribution in [1.82, 2.24) is 0 Å². The second-order valence-electron chi connectivity index (χ2n) is 3.95. The van der Waals surface area contributed by atoms with Gasteiger partial charge in [-0.15, -0.1) is 0 Å². The Hall–Kier alpha value is -1.34. The van der Waals surface area contributed by atoms with Crippen LogP contribution in [0, 0.1) is 5.82 Å². The quantitative estimate of drug-likeness (QED) is 0.847. The Bertz CT molecular complexity index is 514. The average molecular weight is 260 g/mol. The second kappa shape index (κ2) is 4.50. The van der Waals surface area contributed by atoms with Gasteiger partial charge in [0, 0.05) is 5.69 Å². The lowest BCUT2D eigenvalue weighted by molar-refractivity contribution is 0.0211. The molecule has 0 atom stereocenters. The van der Waals surface area contributed by atoms with Crippen molar-refractivity contribution in [2.45, 2.75) is 6.04 Å². The third-order valence-electron chi connectivity index (χ3n) is 2.27. The maximum atomic E-state index is 13.4. The van der Waals surface area contributed by atoms with Crippen LogP contribution in [0.2, 0.25) is 0 Å². The van der Waals surface area contributed by atoms with Gasteiger partial charge in [-0.1, -0.05) is 0 Å². The lowest BCUT2D eigenvalue weighted by atomic mass is 10.2. The van der Waals surface area contributed by atoms with E-state index in [0.717, 1.165) is 6.26 Å². The van der Waals surface area contributed by atoms with Crippen LogP contribution in [-0.2, 0) is 14.8 Å². The molecule has 0 unspecified atom stereocenters. The molecule has 0 amide bonds. The summed E-state index contributed by atoms with van der Waals surface area (Å²) in [5.41, 5.74) is 0.601. The Balaban J connectivity index is 2.16. The molecule has 1 aromatic carbocycles. The minimum Gasteiger partial charge on any atom is -0.378 e. The molecule has 0 aliphatic carbocycles. The number of benzene rings is 1. The molecule has 1 heterocycles. The fourth-order valence-electron chi connectivity index (χ4n) is 1.45. The number of sulfonamides is 1. The molecule has 1 saturated heterocycles. The first-order chi connectivity index (χ1) is 7.94. The SMILES string of the molecule is CS(=O)(=O)Nc1cc(NC2COC2)ccc1F. The highest BCUT2D eigenvalue weighted by molar-refractivity contribution is 7.92. The zero-order valence-electron chi connectivity index (χ0n) is 9.23. The van der Waals surface area contributed by atoms with Crippen molar-refractivity contribution in [3.63, 3.8) is 0 Å². The highest BCUT2D eigenvalue weighted by Crippen LogP contribution is 2.22. The number of hydrogen-bond acceptors (Lipinski definition) is 4. The first-order valence-corrected chi connectivity index (χ1v) is 6.95. The van der Waals surface area contributed by atoms with E-state index in [-0.39, 0.29) is 11.7 Å². The normalized spacial score (nSPS) is 16.4. The zero-order valence-corrected chi connectivity index (χ0v) is 10.1. The van der Waals surface area contributed by atoms with Gasteiger partial charge in [0.1, 0.15) is 5.82 Å². The standard InChI is InChI=1S/C10H13FN2O3S/c1-17(14,15)13-10-4-7(2-3-9(10)11)12-8-5-16-6-8/h2-4,8,12-13H,5-6H2,1H3. The molecule has 94 valence electrons. The molecule has 2 N–H and O–H groups in total. The van der Waals surface area contributed by atoms with Gasteiger partial charge in [-0.25, -0.2) is 12.8 Å². The van der Waals surface area contributed by atoms with Crippen LogP contribution < -0.4 is 10.0 Å². The van der Waals surface area contributed by atoms with E-state index in [0.29, 0.717) is 18.9 Å². The molecule has 5 nitrogen and oxygen atoms in total. The molecule has 17 heavy (non-hydrogen) atoms. The van der Waals surface area contributed by atoms with Gasteiger partial charge < -0.3 is 10.1 Å². The number of anilines is 2.